The molecule has 1 saturated carbocycles. The summed E-state index contributed by atoms with van der Waals surface area (Å²) in [5.74, 6) is -0.373. The predicted molar refractivity (Wildman–Crippen MR) is 133 cm³/mol. The summed E-state index contributed by atoms with van der Waals surface area (Å²) in [4.78, 5) is 45.0. The first-order valence-electron chi connectivity index (χ1n) is 11.7. The molecule has 4 rings (SSSR count). The normalized spacial score (nSPS) is 17.9. The SMILES string of the molecule is CC1CN(C(=O)C(=O)Nc2cnc(N)c(C3CC3)c2)CCN1C(=O)C(C)(C)C.c1ccccc1. The minimum atomic E-state index is -0.698. The highest BCUT2D eigenvalue weighted by Crippen LogP contribution is 2.42. The van der Waals surface area contributed by atoms with Crippen molar-refractivity contribution in [3.8, 4) is 0 Å². The van der Waals surface area contributed by atoms with Crippen LogP contribution in [-0.4, -0.2) is 58.2 Å². The van der Waals surface area contributed by atoms with Gasteiger partial charge in [0.1, 0.15) is 5.82 Å². The topological polar surface area (TPSA) is 109 Å². The van der Waals surface area contributed by atoms with Gasteiger partial charge in [-0.3, -0.25) is 14.4 Å². The van der Waals surface area contributed by atoms with Crippen LogP contribution < -0.4 is 11.1 Å². The third-order valence-electron chi connectivity index (χ3n) is 5.90. The van der Waals surface area contributed by atoms with Crippen molar-refractivity contribution in [1.82, 2.24) is 14.8 Å². The fourth-order valence-corrected chi connectivity index (χ4v) is 3.87. The van der Waals surface area contributed by atoms with Gasteiger partial charge < -0.3 is 20.9 Å². The summed E-state index contributed by atoms with van der Waals surface area (Å²) in [7, 11) is 0. The van der Waals surface area contributed by atoms with Crippen molar-refractivity contribution in [2.45, 2.75) is 52.5 Å². The second-order valence-electron chi connectivity index (χ2n) is 9.93. The molecule has 0 spiro atoms. The van der Waals surface area contributed by atoms with Crippen molar-refractivity contribution >= 4 is 29.2 Å². The first-order chi connectivity index (χ1) is 16.1. The van der Waals surface area contributed by atoms with Crippen LogP contribution in [0.4, 0.5) is 11.5 Å². The Hall–Kier alpha value is -3.42. The number of rotatable bonds is 2. The van der Waals surface area contributed by atoms with Crippen LogP contribution in [0.1, 0.15) is 52.0 Å². The molecule has 1 aromatic heterocycles. The molecule has 1 aliphatic carbocycles. The minimum absolute atomic E-state index is 0.0529. The number of pyridine rings is 1. The number of nitrogens with one attached hydrogen (secondary N) is 1. The van der Waals surface area contributed by atoms with Gasteiger partial charge in [0.15, 0.2) is 0 Å². The van der Waals surface area contributed by atoms with Crippen LogP contribution in [0.15, 0.2) is 48.7 Å². The number of hydrogen-bond donors (Lipinski definition) is 2. The Morgan fingerprint density at radius 1 is 1.03 bits per heavy atom. The van der Waals surface area contributed by atoms with Gasteiger partial charge >= 0.3 is 11.8 Å². The third-order valence-corrected chi connectivity index (χ3v) is 5.90. The Kier molecular flexibility index (Phi) is 7.91. The zero-order valence-corrected chi connectivity index (χ0v) is 20.5. The molecule has 1 aliphatic heterocycles. The van der Waals surface area contributed by atoms with E-state index in [0.717, 1.165) is 18.4 Å². The fraction of sp³-hybridized carbons (Fsp3) is 0.462. The molecule has 2 aliphatic rings. The van der Waals surface area contributed by atoms with Crippen LogP contribution in [0, 0.1) is 5.41 Å². The molecule has 0 bridgehead atoms. The standard InChI is InChI=1S/C20H29N5O3.C6H6/c1-12-11-24(7-8-25(12)19(28)20(2,3)4)18(27)17(26)23-14-9-15(13-5-6-13)16(21)22-10-14;1-2-4-6-5-3-1/h9-10,12-13H,5-8,11H2,1-4H3,(H2,21,22)(H,23,26);1-6H. The monoisotopic (exact) mass is 465 g/mol. The van der Waals surface area contributed by atoms with E-state index < -0.39 is 17.2 Å². The molecule has 8 nitrogen and oxygen atoms in total. The maximum atomic E-state index is 12.6. The number of nitrogens with zero attached hydrogens (tertiary/aromatic N) is 3. The summed E-state index contributed by atoms with van der Waals surface area (Å²) in [6, 6.07) is 13.7. The highest BCUT2D eigenvalue weighted by Gasteiger charge is 2.36. The third kappa shape index (κ3) is 6.56. The van der Waals surface area contributed by atoms with Crippen molar-refractivity contribution in [2.75, 3.05) is 30.7 Å². The Bertz CT molecular complexity index is 988. The second-order valence-corrected chi connectivity index (χ2v) is 9.93. The highest BCUT2D eigenvalue weighted by molar-refractivity contribution is 6.39. The number of carbonyl (C=O) groups is 3. The lowest BCUT2D eigenvalue weighted by atomic mass is 9.93. The van der Waals surface area contributed by atoms with Crippen LogP contribution in [0.25, 0.3) is 0 Å². The Morgan fingerprint density at radius 3 is 2.12 bits per heavy atom. The number of aromatic nitrogens is 1. The number of anilines is 2. The smallest absolute Gasteiger partial charge is 0.313 e. The van der Waals surface area contributed by atoms with Crippen molar-refractivity contribution in [3.63, 3.8) is 0 Å². The van der Waals surface area contributed by atoms with E-state index in [-0.39, 0.29) is 11.9 Å². The van der Waals surface area contributed by atoms with Gasteiger partial charge in [-0.05, 0) is 37.3 Å². The Labute approximate surface area is 201 Å². The number of piperazine rings is 1. The zero-order chi connectivity index (χ0) is 24.9. The van der Waals surface area contributed by atoms with Crippen molar-refractivity contribution in [2.24, 2.45) is 5.41 Å². The van der Waals surface area contributed by atoms with Crippen LogP contribution in [-0.2, 0) is 14.4 Å². The number of nitrogen functional groups attached to an aromatic ring is 1. The summed E-state index contributed by atoms with van der Waals surface area (Å²) >= 11 is 0. The van der Waals surface area contributed by atoms with Gasteiger partial charge in [-0.25, -0.2) is 4.98 Å². The summed E-state index contributed by atoms with van der Waals surface area (Å²) in [6.07, 6.45) is 3.60. The van der Waals surface area contributed by atoms with E-state index in [4.69, 9.17) is 5.73 Å². The Balaban J connectivity index is 0.000000469. The molecule has 2 aromatic rings. The van der Waals surface area contributed by atoms with E-state index in [0.29, 0.717) is 37.1 Å². The maximum absolute atomic E-state index is 12.6. The van der Waals surface area contributed by atoms with E-state index in [1.54, 1.807) is 11.0 Å². The molecule has 3 amide bonds. The lowest BCUT2D eigenvalue weighted by Gasteiger charge is -2.42. The van der Waals surface area contributed by atoms with Gasteiger partial charge in [0.25, 0.3) is 0 Å². The molecule has 182 valence electrons. The van der Waals surface area contributed by atoms with Crippen molar-refractivity contribution < 1.29 is 14.4 Å². The summed E-state index contributed by atoms with van der Waals surface area (Å²) in [6.45, 7) is 8.63. The summed E-state index contributed by atoms with van der Waals surface area (Å²) < 4.78 is 0. The lowest BCUT2D eigenvalue weighted by molar-refractivity contribution is -0.150. The largest absolute Gasteiger partial charge is 0.383 e. The molecule has 0 radical (unpaired) electrons. The lowest BCUT2D eigenvalue weighted by Crippen LogP contribution is -2.58. The van der Waals surface area contributed by atoms with Gasteiger partial charge in [-0.15, -0.1) is 0 Å². The van der Waals surface area contributed by atoms with Gasteiger partial charge in [-0.2, -0.15) is 0 Å². The van der Waals surface area contributed by atoms with E-state index >= 15 is 0 Å². The first-order valence-corrected chi connectivity index (χ1v) is 11.7. The van der Waals surface area contributed by atoms with Gasteiger partial charge in [0.05, 0.1) is 11.9 Å². The summed E-state index contributed by atoms with van der Waals surface area (Å²) in [5.41, 5.74) is 6.82. The Morgan fingerprint density at radius 2 is 1.62 bits per heavy atom. The zero-order valence-electron chi connectivity index (χ0n) is 20.5. The summed E-state index contributed by atoms with van der Waals surface area (Å²) in [5, 5.41) is 2.63. The molecule has 2 fully saturated rings. The number of benzene rings is 1. The molecule has 1 aromatic carbocycles. The first kappa shape index (κ1) is 25.2. The van der Waals surface area contributed by atoms with Crippen molar-refractivity contribution in [1.29, 1.82) is 0 Å². The van der Waals surface area contributed by atoms with Crippen LogP contribution in [0.3, 0.4) is 0 Å². The van der Waals surface area contributed by atoms with Crippen LogP contribution >= 0.6 is 0 Å². The van der Waals surface area contributed by atoms with Gasteiger partial charge in [0.2, 0.25) is 5.91 Å². The number of hydrogen-bond acceptors (Lipinski definition) is 5. The average Bonchev–Trinajstić information content (AvgIpc) is 3.65. The minimum Gasteiger partial charge on any atom is -0.383 e. The predicted octanol–water partition coefficient (Wildman–Crippen LogP) is 3.27. The van der Waals surface area contributed by atoms with E-state index in [1.807, 2.05) is 64.1 Å². The molecular formula is C26H35N5O3. The molecule has 1 saturated heterocycles. The highest BCUT2D eigenvalue weighted by atomic mass is 16.2. The van der Waals surface area contributed by atoms with Gasteiger partial charge in [0, 0.05) is 31.1 Å². The molecule has 2 heterocycles. The van der Waals surface area contributed by atoms with E-state index in [1.165, 1.54) is 11.1 Å². The molecule has 34 heavy (non-hydrogen) atoms. The van der Waals surface area contributed by atoms with Crippen LogP contribution in [0.5, 0.6) is 0 Å². The molecule has 3 N–H and O–H groups in total. The molecular weight excluding hydrogens is 430 g/mol. The average molecular weight is 466 g/mol. The number of carbonyl (C=O) groups excluding carboxylic acids is 3. The number of nitrogens with two attached hydrogens (primary N) is 1. The van der Waals surface area contributed by atoms with Crippen LogP contribution in [0.2, 0.25) is 0 Å². The number of amides is 3. The van der Waals surface area contributed by atoms with E-state index in [9.17, 15) is 14.4 Å². The maximum Gasteiger partial charge on any atom is 0.313 e. The van der Waals surface area contributed by atoms with Gasteiger partial charge in [-0.1, -0.05) is 57.2 Å². The molecule has 8 heteroatoms. The van der Waals surface area contributed by atoms with Crippen molar-refractivity contribution in [3.05, 3.63) is 54.2 Å². The molecule has 1 atom stereocenters. The fourth-order valence-electron chi connectivity index (χ4n) is 3.87. The van der Waals surface area contributed by atoms with E-state index in [2.05, 4.69) is 10.3 Å². The second kappa shape index (κ2) is 10.7. The quantitative estimate of drug-likeness (QED) is 0.662. The molecule has 1 unspecified atom stereocenters.